The Bertz CT molecular complexity index is 571. The Labute approximate surface area is 140 Å². The lowest BCUT2D eigenvalue weighted by Gasteiger charge is -2.49. The number of likely N-dealkylation sites (tertiary alicyclic amines) is 1. The Hall–Kier alpha value is -1.35. The van der Waals surface area contributed by atoms with Crippen LogP contribution in [0.25, 0.3) is 0 Å². The summed E-state index contributed by atoms with van der Waals surface area (Å²) in [6.07, 6.45) is 2.31. The molecule has 3 heteroatoms. The van der Waals surface area contributed by atoms with Gasteiger partial charge in [-0.2, -0.15) is 0 Å². The molecule has 1 saturated heterocycles. The lowest BCUT2D eigenvalue weighted by atomic mass is 9.68. The maximum absolute atomic E-state index is 12.6. The van der Waals surface area contributed by atoms with Crippen molar-refractivity contribution in [1.82, 2.24) is 9.80 Å². The Morgan fingerprint density at radius 1 is 1.09 bits per heavy atom. The van der Waals surface area contributed by atoms with Crippen LogP contribution in [-0.4, -0.2) is 41.4 Å². The first-order valence-electron chi connectivity index (χ1n) is 9.04. The minimum atomic E-state index is 0.0769. The van der Waals surface area contributed by atoms with Crippen molar-refractivity contribution in [3.63, 3.8) is 0 Å². The molecule has 0 unspecified atom stereocenters. The average molecular weight is 314 g/mol. The number of benzene rings is 1. The van der Waals surface area contributed by atoms with E-state index in [0.717, 1.165) is 39.0 Å². The molecule has 3 rings (SSSR count). The summed E-state index contributed by atoms with van der Waals surface area (Å²) in [5, 5.41) is 0. The average Bonchev–Trinajstić information content (AvgIpc) is 2.54. The van der Waals surface area contributed by atoms with Crippen LogP contribution in [0.15, 0.2) is 24.3 Å². The van der Waals surface area contributed by atoms with E-state index in [1.54, 1.807) is 0 Å². The number of carbonyl (C=O) groups excluding carboxylic acids is 1. The van der Waals surface area contributed by atoms with Crippen LogP contribution >= 0.6 is 0 Å². The minimum Gasteiger partial charge on any atom is -0.337 e. The normalized spacial score (nSPS) is 21.0. The van der Waals surface area contributed by atoms with Gasteiger partial charge < -0.3 is 9.80 Å². The third-order valence-electron chi connectivity index (χ3n) is 5.73. The van der Waals surface area contributed by atoms with Crippen LogP contribution in [0.5, 0.6) is 0 Å². The maximum atomic E-state index is 12.6. The smallest absolute Gasteiger partial charge is 0.225 e. The van der Waals surface area contributed by atoms with E-state index in [1.807, 2.05) is 13.8 Å². The fraction of sp³-hybridized carbons (Fsp3) is 0.650. The molecule has 1 spiro atoms. The number of fused-ring (bicyclic) bond motifs is 2. The van der Waals surface area contributed by atoms with Crippen LogP contribution in [0.4, 0.5) is 0 Å². The molecule has 0 radical (unpaired) electrons. The quantitative estimate of drug-likeness (QED) is 0.835. The molecule has 0 aromatic heterocycles. The van der Waals surface area contributed by atoms with Gasteiger partial charge in [-0.3, -0.25) is 4.79 Å². The monoisotopic (exact) mass is 314 g/mol. The van der Waals surface area contributed by atoms with Gasteiger partial charge in [0.05, 0.1) is 0 Å². The Morgan fingerprint density at radius 2 is 1.74 bits per heavy atom. The molecule has 1 amide bonds. The summed E-state index contributed by atoms with van der Waals surface area (Å²) in [6, 6.07) is 9.40. The molecule has 2 aliphatic heterocycles. The predicted octanol–water partition coefficient (Wildman–Crippen LogP) is 3.43. The molecule has 0 N–H and O–H groups in total. The number of amides is 1. The fourth-order valence-corrected chi connectivity index (χ4v) is 4.30. The van der Waals surface area contributed by atoms with Gasteiger partial charge in [0.2, 0.25) is 5.91 Å². The fourth-order valence-electron chi connectivity index (χ4n) is 4.30. The van der Waals surface area contributed by atoms with Gasteiger partial charge in [0.1, 0.15) is 0 Å². The highest BCUT2D eigenvalue weighted by atomic mass is 16.2. The highest BCUT2D eigenvalue weighted by Gasteiger charge is 2.43. The van der Waals surface area contributed by atoms with Gasteiger partial charge >= 0.3 is 0 Å². The van der Waals surface area contributed by atoms with Crippen molar-refractivity contribution in [1.29, 1.82) is 0 Å². The van der Waals surface area contributed by atoms with Crippen molar-refractivity contribution in [2.45, 2.75) is 58.5 Å². The standard InChI is InChI=1S/C20H30N2O/c1-15(2)19(23)22-13-17-7-5-6-8-18(17)20(14-22)9-11-21(12-10-20)16(3)4/h5-8,15-16H,9-14H2,1-4H3. The van der Waals surface area contributed by atoms with Crippen LogP contribution in [0.1, 0.15) is 51.7 Å². The van der Waals surface area contributed by atoms with E-state index in [4.69, 9.17) is 0 Å². The van der Waals surface area contributed by atoms with Gasteiger partial charge in [-0.1, -0.05) is 38.1 Å². The number of rotatable bonds is 2. The summed E-state index contributed by atoms with van der Waals surface area (Å²) in [5.74, 6) is 0.373. The van der Waals surface area contributed by atoms with Gasteiger partial charge in [-0.25, -0.2) is 0 Å². The van der Waals surface area contributed by atoms with E-state index in [-0.39, 0.29) is 11.3 Å². The van der Waals surface area contributed by atoms with Crippen LogP contribution in [0.2, 0.25) is 0 Å². The lowest BCUT2D eigenvalue weighted by molar-refractivity contribution is -0.137. The van der Waals surface area contributed by atoms with Crippen molar-refractivity contribution in [2.75, 3.05) is 19.6 Å². The van der Waals surface area contributed by atoms with Gasteiger partial charge in [-0.05, 0) is 50.9 Å². The summed E-state index contributed by atoms with van der Waals surface area (Å²) in [7, 11) is 0. The summed E-state index contributed by atoms with van der Waals surface area (Å²) in [5.41, 5.74) is 3.01. The van der Waals surface area contributed by atoms with Crippen molar-refractivity contribution < 1.29 is 4.79 Å². The van der Waals surface area contributed by atoms with Crippen molar-refractivity contribution >= 4 is 5.91 Å². The SMILES string of the molecule is CC(C)C(=O)N1Cc2ccccc2C2(CCN(C(C)C)CC2)C1. The lowest BCUT2D eigenvalue weighted by Crippen LogP contribution is -2.54. The molecule has 2 aliphatic rings. The van der Waals surface area contributed by atoms with E-state index in [0.29, 0.717) is 11.9 Å². The summed E-state index contributed by atoms with van der Waals surface area (Å²) >= 11 is 0. The van der Waals surface area contributed by atoms with Crippen LogP contribution < -0.4 is 0 Å². The number of nitrogens with zero attached hydrogens (tertiary/aromatic N) is 2. The molecule has 0 atom stereocenters. The second kappa shape index (κ2) is 6.27. The first-order chi connectivity index (χ1) is 10.9. The van der Waals surface area contributed by atoms with Crippen molar-refractivity contribution in [3.05, 3.63) is 35.4 Å². The zero-order valence-corrected chi connectivity index (χ0v) is 15.0. The van der Waals surface area contributed by atoms with Gasteiger partial charge in [-0.15, -0.1) is 0 Å². The molecule has 0 aliphatic carbocycles. The Morgan fingerprint density at radius 3 is 2.35 bits per heavy atom. The molecular formula is C20H30N2O. The molecule has 1 fully saturated rings. The first-order valence-corrected chi connectivity index (χ1v) is 9.04. The molecule has 2 heterocycles. The molecule has 1 aromatic carbocycles. The van der Waals surface area contributed by atoms with Gasteiger partial charge in [0.15, 0.2) is 0 Å². The van der Waals surface area contributed by atoms with Gasteiger partial charge in [0, 0.05) is 30.5 Å². The zero-order valence-electron chi connectivity index (χ0n) is 15.0. The molecule has 0 bridgehead atoms. The second-order valence-electron chi connectivity index (χ2n) is 7.92. The van der Waals surface area contributed by atoms with E-state index < -0.39 is 0 Å². The predicted molar refractivity (Wildman–Crippen MR) is 94.3 cm³/mol. The minimum absolute atomic E-state index is 0.0769. The van der Waals surface area contributed by atoms with E-state index in [1.165, 1.54) is 11.1 Å². The highest BCUT2D eigenvalue weighted by molar-refractivity contribution is 5.78. The summed E-state index contributed by atoms with van der Waals surface area (Å²) < 4.78 is 0. The van der Waals surface area contributed by atoms with Crippen LogP contribution in [-0.2, 0) is 16.8 Å². The van der Waals surface area contributed by atoms with E-state index >= 15 is 0 Å². The number of hydrogen-bond donors (Lipinski definition) is 0. The molecule has 23 heavy (non-hydrogen) atoms. The molecule has 3 nitrogen and oxygen atoms in total. The van der Waals surface area contributed by atoms with Crippen LogP contribution in [0, 0.1) is 5.92 Å². The summed E-state index contributed by atoms with van der Waals surface area (Å²) in [4.78, 5) is 17.3. The molecule has 0 saturated carbocycles. The number of piperidine rings is 1. The van der Waals surface area contributed by atoms with Crippen LogP contribution in [0.3, 0.4) is 0 Å². The number of carbonyl (C=O) groups is 1. The second-order valence-corrected chi connectivity index (χ2v) is 7.92. The Kier molecular flexibility index (Phi) is 4.50. The van der Waals surface area contributed by atoms with E-state index in [2.05, 4.69) is 47.9 Å². The molecule has 1 aromatic rings. The topological polar surface area (TPSA) is 23.6 Å². The third kappa shape index (κ3) is 3.03. The number of hydrogen-bond acceptors (Lipinski definition) is 2. The van der Waals surface area contributed by atoms with E-state index in [9.17, 15) is 4.79 Å². The Balaban J connectivity index is 1.91. The van der Waals surface area contributed by atoms with Crippen molar-refractivity contribution in [2.24, 2.45) is 5.92 Å². The third-order valence-corrected chi connectivity index (χ3v) is 5.73. The first kappa shape index (κ1) is 16.5. The maximum Gasteiger partial charge on any atom is 0.225 e. The zero-order chi connectivity index (χ0) is 16.6. The highest BCUT2D eigenvalue weighted by Crippen LogP contribution is 2.42. The molecule has 126 valence electrons. The van der Waals surface area contributed by atoms with Gasteiger partial charge in [0.25, 0.3) is 0 Å². The molecular weight excluding hydrogens is 284 g/mol. The van der Waals surface area contributed by atoms with Crippen molar-refractivity contribution in [3.8, 4) is 0 Å². The largest absolute Gasteiger partial charge is 0.337 e. The summed E-state index contributed by atoms with van der Waals surface area (Å²) in [6.45, 7) is 12.5.